The summed E-state index contributed by atoms with van der Waals surface area (Å²) in [6.07, 6.45) is 8.46. The van der Waals surface area contributed by atoms with E-state index in [1.807, 2.05) is 37.4 Å². The molecular formula is C22H23ClN6O3S. The molecule has 11 heteroatoms. The first-order valence-electron chi connectivity index (χ1n) is 10.1. The molecule has 1 unspecified atom stereocenters. The van der Waals surface area contributed by atoms with E-state index in [9.17, 15) is 5.11 Å². The number of aliphatic hydroxyl groups excluding tert-OH is 1. The van der Waals surface area contributed by atoms with Gasteiger partial charge >= 0.3 is 0 Å². The number of hydrogen-bond acceptors (Lipinski definition) is 10. The Bertz CT molecular complexity index is 1180. The number of ether oxygens (including phenoxy) is 2. The fourth-order valence-corrected chi connectivity index (χ4v) is 4.06. The van der Waals surface area contributed by atoms with Gasteiger partial charge in [0.15, 0.2) is 0 Å². The molecule has 4 rings (SSSR count). The Balaban J connectivity index is 1.44. The SMILES string of the molecule is COc1cnc(Cl)cc1C1=C[C@@](C)(Nc2nnc(OCc3ccc(C(C)O)cn3)s2)NC=C1. The van der Waals surface area contributed by atoms with Crippen molar-refractivity contribution in [1.82, 2.24) is 25.5 Å². The molecule has 1 aliphatic heterocycles. The van der Waals surface area contributed by atoms with Gasteiger partial charge in [0.05, 0.1) is 25.1 Å². The van der Waals surface area contributed by atoms with Crippen LogP contribution in [0.3, 0.4) is 0 Å². The Kier molecular flexibility index (Phi) is 6.77. The number of hydrogen-bond donors (Lipinski definition) is 3. The van der Waals surface area contributed by atoms with Gasteiger partial charge in [0.2, 0.25) is 5.13 Å². The van der Waals surface area contributed by atoms with Crippen LogP contribution in [0.2, 0.25) is 5.15 Å². The minimum Gasteiger partial charge on any atom is -0.494 e. The summed E-state index contributed by atoms with van der Waals surface area (Å²) in [7, 11) is 1.59. The fourth-order valence-electron chi connectivity index (χ4n) is 3.20. The molecule has 0 amide bonds. The molecular weight excluding hydrogens is 464 g/mol. The summed E-state index contributed by atoms with van der Waals surface area (Å²) in [5, 5.41) is 25.9. The number of methoxy groups -OCH3 is 1. The highest BCUT2D eigenvalue weighted by atomic mass is 35.5. The van der Waals surface area contributed by atoms with Crippen molar-refractivity contribution in [3.05, 3.63) is 70.9 Å². The molecule has 0 radical (unpaired) electrons. The predicted molar refractivity (Wildman–Crippen MR) is 127 cm³/mol. The van der Waals surface area contributed by atoms with E-state index in [2.05, 4.69) is 30.8 Å². The van der Waals surface area contributed by atoms with Crippen LogP contribution in [-0.2, 0) is 6.61 Å². The van der Waals surface area contributed by atoms with E-state index in [1.165, 1.54) is 11.3 Å². The number of rotatable bonds is 8. The molecule has 3 aromatic rings. The van der Waals surface area contributed by atoms with E-state index in [0.717, 1.165) is 22.4 Å². The van der Waals surface area contributed by atoms with Gasteiger partial charge in [-0.3, -0.25) is 4.98 Å². The first kappa shape index (κ1) is 23.0. The van der Waals surface area contributed by atoms with Gasteiger partial charge in [-0.05, 0) is 66.8 Å². The van der Waals surface area contributed by atoms with Crippen molar-refractivity contribution < 1.29 is 14.6 Å². The molecule has 0 aromatic carbocycles. The number of aromatic nitrogens is 4. The van der Waals surface area contributed by atoms with Gasteiger partial charge in [-0.25, -0.2) is 4.98 Å². The Hall–Kier alpha value is -3.21. The normalized spacial score (nSPS) is 18.3. The molecule has 0 saturated carbocycles. The molecule has 172 valence electrons. The fraction of sp³-hybridized carbons (Fsp3) is 0.273. The third-order valence-electron chi connectivity index (χ3n) is 4.90. The third-order valence-corrected chi connectivity index (χ3v) is 5.86. The van der Waals surface area contributed by atoms with Crippen LogP contribution in [0.25, 0.3) is 5.57 Å². The molecule has 0 aliphatic carbocycles. The number of nitrogens with zero attached hydrogens (tertiary/aromatic N) is 4. The molecule has 0 bridgehead atoms. The quantitative estimate of drug-likeness (QED) is 0.407. The zero-order chi connectivity index (χ0) is 23.4. The Labute approximate surface area is 200 Å². The second-order valence-corrected chi connectivity index (χ2v) is 8.86. The highest BCUT2D eigenvalue weighted by Gasteiger charge is 2.26. The van der Waals surface area contributed by atoms with Crippen LogP contribution in [-0.4, -0.2) is 38.0 Å². The summed E-state index contributed by atoms with van der Waals surface area (Å²) >= 11 is 7.38. The molecule has 0 spiro atoms. The average molecular weight is 487 g/mol. The summed E-state index contributed by atoms with van der Waals surface area (Å²) in [5.74, 6) is 0.626. The summed E-state index contributed by atoms with van der Waals surface area (Å²) < 4.78 is 11.2. The smallest absolute Gasteiger partial charge is 0.296 e. The van der Waals surface area contributed by atoms with E-state index in [-0.39, 0.29) is 6.61 Å². The molecule has 9 nitrogen and oxygen atoms in total. The van der Waals surface area contributed by atoms with Crippen molar-refractivity contribution in [2.45, 2.75) is 32.2 Å². The Morgan fingerprint density at radius 3 is 2.85 bits per heavy atom. The van der Waals surface area contributed by atoms with E-state index >= 15 is 0 Å². The number of halogens is 1. The monoisotopic (exact) mass is 486 g/mol. The second-order valence-electron chi connectivity index (χ2n) is 7.53. The summed E-state index contributed by atoms with van der Waals surface area (Å²) in [4.78, 5) is 8.37. The van der Waals surface area contributed by atoms with E-state index in [4.69, 9.17) is 21.1 Å². The van der Waals surface area contributed by atoms with Crippen molar-refractivity contribution in [3.63, 3.8) is 0 Å². The van der Waals surface area contributed by atoms with Crippen LogP contribution in [0.5, 0.6) is 10.9 Å². The van der Waals surface area contributed by atoms with Gasteiger partial charge in [0.1, 0.15) is 23.2 Å². The first-order valence-corrected chi connectivity index (χ1v) is 11.3. The molecule has 3 aromatic heterocycles. The van der Waals surface area contributed by atoms with Gasteiger partial charge in [-0.1, -0.05) is 22.8 Å². The lowest BCUT2D eigenvalue weighted by molar-refractivity contribution is 0.198. The van der Waals surface area contributed by atoms with Gasteiger partial charge in [0, 0.05) is 11.8 Å². The predicted octanol–water partition coefficient (Wildman–Crippen LogP) is 3.95. The van der Waals surface area contributed by atoms with Crippen LogP contribution < -0.4 is 20.1 Å². The number of aliphatic hydroxyl groups is 1. The number of dihydropyridines is 1. The zero-order valence-electron chi connectivity index (χ0n) is 18.2. The molecule has 4 heterocycles. The molecule has 0 fully saturated rings. The largest absolute Gasteiger partial charge is 0.494 e. The lowest BCUT2D eigenvalue weighted by Gasteiger charge is -2.31. The molecule has 1 aliphatic rings. The van der Waals surface area contributed by atoms with Crippen LogP contribution in [0.15, 0.2) is 48.9 Å². The minimum atomic E-state index is -0.639. The standard InChI is InChI=1S/C22H23ClN6O3S/c1-13(30)15-4-5-16(24-10-15)12-32-21-29-28-20(33-21)27-22(2)9-14(6-7-26-22)17-8-19(23)25-11-18(17)31-3/h4-11,13,26,30H,12H2,1-3H3,(H,27,28)/t13?,22-/m1/s1. The van der Waals surface area contributed by atoms with Crippen molar-refractivity contribution in [3.8, 4) is 10.9 Å². The Morgan fingerprint density at radius 1 is 1.27 bits per heavy atom. The molecule has 33 heavy (non-hydrogen) atoms. The highest BCUT2D eigenvalue weighted by Crippen LogP contribution is 2.33. The maximum absolute atomic E-state index is 9.58. The maximum atomic E-state index is 9.58. The Morgan fingerprint density at radius 2 is 2.12 bits per heavy atom. The van der Waals surface area contributed by atoms with Crippen LogP contribution in [0.4, 0.5) is 5.13 Å². The van der Waals surface area contributed by atoms with Crippen molar-refractivity contribution in [1.29, 1.82) is 0 Å². The van der Waals surface area contributed by atoms with Crippen LogP contribution >= 0.6 is 22.9 Å². The number of allylic oxidation sites excluding steroid dienone is 2. The topological polar surface area (TPSA) is 114 Å². The van der Waals surface area contributed by atoms with Crippen LogP contribution in [0, 0.1) is 0 Å². The molecule has 2 atom stereocenters. The lowest BCUT2D eigenvalue weighted by Crippen LogP contribution is -2.46. The first-order chi connectivity index (χ1) is 15.8. The van der Waals surface area contributed by atoms with E-state index in [0.29, 0.717) is 21.2 Å². The van der Waals surface area contributed by atoms with E-state index < -0.39 is 11.8 Å². The molecule has 3 N–H and O–H groups in total. The van der Waals surface area contributed by atoms with Crippen molar-refractivity contribution in [2.75, 3.05) is 12.4 Å². The maximum Gasteiger partial charge on any atom is 0.296 e. The van der Waals surface area contributed by atoms with Crippen LogP contribution in [0.1, 0.15) is 36.8 Å². The van der Waals surface area contributed by atoms with Gasteiger partial charge in [-0.15, -0.1) is 5.10 Å². The number of anilines is 1. The number of pyridine rings is 2. The van der Waals surface area contributed by atoms with Gasteiger partial charge in [0.25, 0.3) is 5.19 Å². The van der Waals surface area contributed by atoms with Crippen molar-refractivity contribution in [2.24, 2.45) is 0 Å². The number of nitrogens with one attached hydrogen (secondary N) is 2. The van der Waals surface area contributed by atoms with E-state index in [1.54, 1.807) is 32.5 Å². The summed E-state index contributed by atoms with van der Waals surface area (Å²) in [6, 6.07) is 5.40. The minimum absolute atomic E-state index is 0.250. The molecule has 0 saturated heterocycles. The third kappa shape index (κ3) is 5.59. The summed E-state index contributed by atoms with van der Waals surface area (Å²) in [6.45, 7) is 3.92. The van der Waals surface area contributed by atoms with Crippen molar-refractivity contribution >= 4 is 33.6 Å². The summed E-state index contributed by atoms with van der Waals surface area (Å²) in [5.41, 5.74) is 2.59. The average Bonchev–Trinajstić information content (AvgIpc) is 3.24. The zero-order valence-corrected chi connectivity index (χ0v) is 19.8. The van der Waals surface area contributed by atoms with Gasteiger partial charge in [-0.2, -0.15) is 0 Å². The lowest BCUT2D eigenvalue weighted by atomic mass is 9.98. The highest BCUT2D eigenvalue weighted by molar-refractivity contribution is 7.16. The van der Waals surface area contributed by atoms with Gasteiger partial charge < -0.3 is 25.2 Å². The second kappa shape index (κ2) is 9.74.